The van der Waals surface area contributed by atoms with Crippen LogP contribution in [-0.2, 0) is 4.79 Å². The summed E-state index contributed by atoms with van der Waals surface area (Å²) in [6, 6.07) is 12.9. The van der Waals surface area contributed by atoms with Crippen molar-refractivity contribution in [3.63, 3.8) is 0 Å². The Hall–Kier alpha value is -1.78. The van der Waals surface area contributed by atoms with Gasteiger partial charge in [-0.2, -0.15) is 0 Å². The molecule has 0 aliphatic carbocycles. The van der Waals surface area contributed by atoms with Gasteiger partial charge in [0.05, 0.1) is 16.3 Å². The van der Waals surface area contributed by atoms with Crippen LogP contribution >= 0.6 is 23.4 Å². The molecule has 0 spiro atoms. The second-order valence-electron chi connectivity index (χ2n) is 4.40. The van der Waals surface area contributed by atoms with Crippen molar-refractivity contribution < 1.29 is 9.59 Å². The van der Waals surface area contributed by atoms with Crippen molar-refractivity contribution in [3.8, 4) is 0 Å². The maximum absolute atomic E-state index is 11.7. The molecule has 3 nitrogen and oxygen atoms in total. The summed E-state index contributed by atoms with van der Waals surface area (Å²) >= 11 is 7.63. The first-order valence-corrected chi connectivity index (χ1v) is 7.16. The van der Waals surface area contributed by atoms with Crippen molar-refractivity contribution in [1.29, 1.82) is 0 Å². The van der Waals surface area contributed by atoms with Crippen molar-refractivity contribution in [2.75, 3.05) is 11.9 Å². The zero-order valence-electron chi connectivity index (χ0n) is 10.6. The van der Waals surface area contributed by atoms with Crippen molar-refractivity contribution in [3.05, 3.63) is 53.1 Å². The summed E-state index contributed by atoms with van der Waals surface area (Å²) in [5, 5.41) is 0.679. The summed E-state index contributed by atoms with van der Waals surface area (Å²) in [6.45, 7) is 0. The standard InChI is InChI=1S/C15H10ClNO2S/c1-17-12-8-9(6-7-10(12)14(18)15(17)19)20-13-5-3-2-4-11(13)16/h2-8H,1H3. The highest BCUT2D eigenvalue weighted by Crippen LogP contribution is 2.37. The first-order valence-electron chi connectivity index (χ1n) is 5.97. The van der Waals surface area contributed by atoms with Gasteiger partial charge in [0.1, 0.15) is 0 Å². The van der Waals surface area contributed by atoms with Crippen molar-refractivity contribution in [1.82, 2.24) is 0 Å². The van der Waals surface area contributed by atoms with Crippen LogP contribution in [0.4, 0.5) is 5.69 Å². The smallest absolute Gasteiger partial charge is 0.299 e. The fourth-order valence-electron chi connectivity index (χ4n) is 2.08. The van der Waals surface area contributed by atoms with E-state index in [9.17, 15) is 9.59 Å². The maximum Gasteiger partial charge on any atom is 0.299 e. The van der Waals surface area contributed by atoms with Crippen LogP contribution in [0.3, 0.4) is 0 Å². The van der Waals surface area contributed by atoms with Crippen LogP contribution in [0, 0.1) is 0 Å². The first-order chi connectivity index (χ1) is 9.58. The molecule has 1 amide bonds. The Morgan fingerprint density at radius 1 is 1.10 bits per heavy atom. The van der Waals surface area contributed by atoms with Crippen molar-refractivity contribution >= 4 is 40.7 Å². The second kappa shape index (κ2) is 4.96. The Morgan fingerprint density at radius 2 is 1.85 bits per heavy atom. The van der Waals surface area contributed by atoms with Gasteiger partial charge in [-0.1, -0.05) is 35.5 Å². The molecule has 0 saturated carbocycles. The number of likely N-dealkylation sites (N-methyl/N-ethyl adjacent to an activating group) is 1. The molecule has 5 heteroatoms. The summed E-state index contributed by atoms with van der Waals surface area (Å²) < 4.78 is 0. The van der Waals surface area contributed by atoms with Crippen LogP contribution in [0.2, 0.25) is 5.02 Å². The van der Waals surface area contributed by atoms with Gasteiger partial charge >= 0.3 is 0 Å². The van der Waals surface area contributed by atoms with Gasteiger partial charge in [0.2, 0.25) is 0 Å². The zero-order valence-corrected chi connectivity index (χ0v) is 12.2. The number of amides is 1. The van der Waals surface area contributed by atoms with E-state index in [4.69, 9.17) is 11.6 Å². The summed E-state index contributed by atoms with van der Waals surface area (Å²) in [6.07, 6.45) is 0. The average molecular weight is 304 g/mol. The number of carbonyl (C=O) groups excluding carboxylic acids is 2. The highest BCUT2D eigenvalue weighted by atomic mass is 35.5. The molecule has 0 N–H and O–H groups in total. The van der Waals surface area contributed by atoms with E-state index in [0.717, 1.165) is 9.79 Å². The van der Waals surface area contributed by atoms with Crippen molar-refractivity contribution in [2.24, 2.45) is 0 Å². The normalized spacial score (nSPS) is 13.8. The molecule has 100 valence electrons. The Balaban J connectivity index is 1.97. The van der Waals surface area contributed by atoms with Gasteiger partial charge in [0, 0.05) is 16.8 Å². The van der Waals surface area contributed by atoms with Crippen LogP contribution in [0.1, 0.15) is 10.4 Å². The van der Waals surface area contributed by atoms with Gasteiger partial charge < -0.3 is 4.90 Å². The SMILES string of the molecule is CN1C(=O)C(=O)c2ccc(Sc3ccccc3Cl)cc21. The number of rotatable bonds is 2. The van der Waals surface area contributed by atoms with E-state index < -0.39 is 11.7 Å². The Kier molecular flexibility index (Phi) is 3.28. The van der Waals surface area contributed by atoms with Crippen LogP contribution < -0.4 is 4.90 Å². The molecule has 20 heavy (non-hydrogen) atoms. The lowest BCUT2D eigenvalue weighted by Crippen LogP contribution is -2.24. The third-order valence-electron chi connectivity index (χ3n) is 3.14. The van der Waals surface area contributed by atoms with E-state index in [0.29, 0.717) is 16.3 Å². The third kappa shape index (κ3) is 2.11. The van der Waals surface area contributed by atoms with Crippen LogP contribution in [0.5, 0.6) is 0 Å². The Labute approximate surface area is 125 Å². The number of hydrogen-bond donors (Lipinski definition) is 0. The fourth-order valence-corrected chi connectivity index (χ4v) is 3.20. The quantitative estimate of drug-likeness (QED) is 0.795. The molecule has 1 heterocycles. The van der Waals surface area contributed by atoms with Gasteiger partial charge in [-0.3, -0.25) is 9.59 Å². The number of halogens is 1. The monoisotopic (exact) mass is 303 g/mol. The van der Waals surface area contributed by atoms with Crippen LogP contribution in [-0.4, -0.2) is 18.7 Å². The van der Waals surface area contributed by atoms with E-state index in [1.165, 1.54) is 16.7 Å². The highest BCUT2D eigenvalue weighted by Gasteiger charge is 2.33. The minimum atomic E-state index is -0.486. The summed E-state index contributed by atoms with van der Waals surface area (Å²) in [5.74, 6) is -0.934. The van der Waals surface area contributed by atoms with E-state index in [1.807, 2.05) is 36.4 Å². The number of ketones is 1. The average Bonchev–Trinajstić information content (AvgIpc) is 2.66. The first kappa shape index (κ1) is 13.2. The summed E-state index contributed by atoms with van der Waals surface area (Å²) in [5.41, 5.74) is 1.11. The van der Waals surface area contributed by atoms with E-state index in [1.54, 1.807) is 13.1 Å². The maximum atomic E-state index is 11.7. The molecule has 0 bridgehead atoms. The van der Waals surface area contributed by atoms with E-state index >= 15 is 0 Å². The lowest BCUT2D eigenvalue weighted by Gasteiger charge is -2.10. The molecule has 1 aliphatic heterocycles. The van der Waals surface area contributed by atoms with E-state index in [2.05, 4.69) is 0 Å². The second-order valence-corrected chi connectivity index (χ2v) is 5.93. The predicted octanol–water partition coefficient (Wildman–Crippen LogP) is 3.65. The highest BCUT2D eigenvalue weighted by molar-refractivity contribution is 7.99. The number of anilines is 1. The topological polar surface area (TPSA) is 37.4 Å². The molecule has 0 atom stereocenters. The van der Waals surface area contributed by atoms with E-state index in [-0.39, 0.29) is 0 Å². The zero-order chi connectivity index (χ0) is 14.3. The number of benzene rings is 2. The summed E-state index contributed by atoms with van der Waals surface area (Å²) in [4.78, 5) is 26.6. The molecule has 0 saturated heterocycles. The third-order valence-corrected chi connectivity index (χ3v) is 4.65. The van der Waals surface area contributed by atoms with Gasteiger partial charge in [-0.15, -0.1) is 0 Å². The number of nitrogens with zero attached hydrogens (tertiary/aromatic N) is 1. The molecule has 2 aromatic carbocycles. The lowest BCUT2D eigenvalue weighted by molar-refractivity contribution is -0.114. The van der Waals surface area contributed by atoms with Crippen LogP contribution in [0.15, 0.2) is 52.3 Å². The van der Waals surface area contributed by atoms with Gasteiger partial charge in [-0.25, -0.2) is 0 Å². The number of carbonyl (C=O) groups is 2. The number of Topliss-reactive ketones (excluding diaryl/α,β-unsaturated/α-hetero) is 1. The van der Waals surface area contributed by atoms with Gasteiger partial charge in [-0.05, 0) is 30.3 Å². The molecule has 1 aliphatic rings. The molecule has 2 aromatic rings. The van der Waals surface area contributed by atoms with Gasteiger partial charge in [0.25, 0.3) is 11.7 Å². The fraction of sp³-hybridized carbons (Fsp3) is 0.0667. The number of fused-ring (bicyclic) bond motifs is 1. The molecular formula is C15H10ClNO2S. The van der Waals surface area contributed by atoms with Crippen molar-refractivity contribution in [2.45, 2.75) is 9.79 Å². The lowest BCUT2D eigenvalue weighted by atomic mass is 10.1. The van der Waals surface area contributed by atoms with Crippen LogP contribution in [0.25, 0.3) is 0 Å². The largest absolute Gasteiger partial charge is 0.308 e. The minimum Gasteiger partial charge on any atom is -0.308 e. The predicted molar refractivity (Wildman–Crippen MR) is 79.8 cm³/mol. The Bertz CT molecular complexity index is 730. The molecule has 0 fully saturated rings. The molecular weight excluding hydrogens is 294 g/mol. The molecule has 3 rings (SSSR count). The number of hydrogen-bond acceptors (Lipinski definition) is 3. The summed E-state index contributed by atoms with van der Waals surface area (Å²) in [7, 11) is 1.61. The Morgan fingerprint density at radius 3 is 2.60 bits per heavy atom. The molecule has 0 aromatic heterocycles. The molecule has 0 radical (unpaired) electrons. The minimum absolute atomic E-state index is 0.447. The molecule has 0 unspecified atom stereocenters. The van der Waals surface area contributed by atoms with Gasteiger partial charge in [0.15, 0.2) is 0 Å².